The molecule has 6 heteroatoms. The van der Waals surface area contributed by atoms with Gasteiger partial charge in [-0.25, -0.2) is 0 Å². The number of nitrogens with zero attached hydrogens (tertiary/aromatic N) is 1. The number of carbonyl (C=O) groups excluding carboxylic acids is 3. The fraction of sp³-hybridized carbons (Fsp3) is 0.471. The lowest BCUT2D eigenvalue weighted by Crippen LogP contribution is -2.56. The molecule has 0 radical (unpaired) electrons. The van der Waals surface area contributed by atoms with E-state index >= 15 is 0 Å². The van der Waals surface area contributed by atoms with Crippen LogP contribution in [-0.4, -0.2) is 43.5 Å². The Labute approximate surface area is 141 Å². The van der Waals surface area contributed by atoms with Gasteiger partial charge in [0.15, 0.2) is 12.6 Å². The van der Waals surface area contributed by atoms with Crippen LogP contribution in [0.2, 0.25) is 0 Å². The van der Waals surface area contributed by atoms with E-state index in [4.69, 9.17) is 0 Å². The maximum atomic E-state index is 11.0. The maximum absolute atomic E-state index is 11.0. The molecule has 1 N–H and O–H groups in total. The van der Waals surface area contributed by atoms with Gasteiger partial charge in [-0.1, -0.05) is 13.8 Å². The first-order valence-corrected chi connectivity index (χ1v) is 8.13. The molecule has 1 aliphatic heterocycles. The molecular weight excluding hydrogens is 312 g/mol. The number of hydrogen-bond acceptors (Lipinski definition) is 5. The normalized spacial score (nSPS) is 16.9. The molecule has 0 unspecified atom stereocenters. The molecule has 0 atom stereocenters. The molecule has 1 aromatic rings. The first-order valence-electron chi connectivity index (χ1n) is 7.25. The van der Waals surface area contributed by atoms with Crippen molar-refractivity contribution in [3.05, 3.63) is 27.5 Å². The van der Waals surface area contributed by atoms with Gasteiger partial charge in [0.25, 0.3) is 0 Å². The summed E-state index contributed by atoms with van der Waals surface area (Å²) >= 11 is 1.56. The first-order chi connectivity index (χ1) is 10.6. The topological polar surface area (TPSA) is 66.5 Å². The average molecular weight is 336 g/mol. The number of amides is 1. The van der Waals surface area contributed by atoms with Gasteiger partial charge in [0.2, 0.25) is 6.41 Å². The van der Waals surface area contributed by atoms with Gasteiger partial charge in [0.05, 0.1) is 16.1 Å². The molecule has 0 saturated carbocycles. The van der Waals surface area contributed by atoms with Crippen molar-refractivity contribution in [2.45, 2.75) is 38.6 Å². The van der Waals surface area contributed by atoms with E-state index in [2.05, 4.69) is 39.1 Å². The van der Waals surface area contributed by atoms with Crippen molar-refractivity contribution in [2.24, 2.45) is 0 Å². The summed E-state index contributed by atoms with van der Waals surface area (Å²) in [5.41, 5.74) is 1.74. The Morgan fingerprint density at radius 2 is 1.65 bits per heavy atom. The summed E-state index contributed by atoms with van der Waals surface area (Å²) in [5.74, 6) is 0. The molecule has 1 aromatic heterocycles. The predicted molar refractivity (Wildman–Crippen MR) is 93.4 cm³/mol. The van der Waals surface area contributed by atoms with E-state index in [1.54, 1.807) is 25.4 Å². The third kappa shape index (κ3) is 3.69. The number of thiophene rings is 1. The van der Waals surface area contributed by atoms with E-state index in [0.717, 1.165) is 11.3 Å². The Bertz CT molecular complexity index is 618. The molecule has 23 heavy (non-hydrogen) atoms. The summed E-state index contributed by atoms with van der Waals surface area (Å²) in [7, 11) is 3.38. The van der Waals surface area contributed by atoms with Crippen molar-refractivity contribution >= 4 is 36.0 Å². The van der Waals surface area contributed by atoms with Gasteiger partial charge in [-0.2, -0.15) is 0 Å². The van der Waals surface area contributed by atoms with Crippen LogP contribution in [0.1, 0.15) is 38.1 Å². The Kier molecular flexibility index (Phi) is 5.88. The second kappa shape index (κ2) is 7.08. The van der Waals surface area contributed by atoms with Crippen LogP contribution in [0.5, 0.6) is 0 Å². The fourth-order valence-corrected chi connectivity index (χ4v) is 3.28. The quantitative estimate of drug-likeness (QED) is 0.398. The van der Waals surface area contributed by atoms with Gasteiger partial charge in [0.1, 0.15) is 0 Å². The Morgan fingerprint density at radius 3 is 2.09 bits per heavy atom. The average Bonchev–Trinajstić information content (AvgIpc) is 2.96. The SMILES string of the molecule is CC1(C)NC(=C(C=O)C=O)c2sccc2C1(C)C.CN(C)C=O. The standard InChI is InChI=1S/C14H17NO2S.C3H7NO/c1-13(2)10-5-6-18-12(10)11(9(7-16)8-17)15-14(13,3)4;1-4(2)3-5/h5-8,15H,1-4H3;3H,1-2H3. The fourth-order valence-electron chi connectivity index (χ4n) is 2.21. The zero-order valence-electron chi connectivity index (χ0n) is 14.5. The molecule has 5 nitrogen and oxygen atoms in total. The minimum Gasteiger partial charge on any atom is -0.377 e. The van der Waals surface area contributed by atoms with E-state index in [9.17, 15) is 14.4 Å². The lowest BCUT2D eigenvalue weighted by molar-refractivity contribution is -0.116. The van der Waals surface area contributed by atoms with Crippen LogP contribution in [-0.2, 0) is 19.8 Å². The highest BCUT2D eigenvalue weighted by Gasteiger charge is 2.45. The third-order valence-electron chi connectivity index (χ3n) is 4.32. The highest BCUT2D eigenvalue weighted by atomic mass is 32.1. The van der Waals surface area contributed by atoms with Crippen LogP contribution in [0.4, 0.5) is 0 Å². The Balaban J connectivity index is 0.000000463. The molecule has 0 bridgehead atoms. The number of allylic oxidation sites excluding steroid dienone is 1. The maximum Gasteiger partial charge on any atom is 0.209 e. The largest absolute Gasteiger partial charge is 0.377 e. The summed E-state index contributed by atoms with van der Waals surface area (Å²) in [6, 6.07) is 2.08. The Hall–Kier alpha value is -1.95. The molecule has 1 amide bonds. The summed E-state index contributed by atoms with van der Waals surface area (Å²) in [6.45, 7) is 8.51. The highest BCUT2D eigenvalue weighted by molar-refractivity contribution is 7.11. The van der Waals surface area contributed by atoms with Crippen molar-refractivity contribution < 1.29 is 14.4 Å². The molecule has 0 aliphatic carbocycles. The number of aldehydes is 2. The number of hydrogen-bond donors (Lipinski definition) is 1. The summed E-state index contributed by atoms with van der Waals surface area (Å²) in [5, 5.41) is 5.36. The van der Waals surface area contributed by atoms with Crippen molar-refractivity contribution in [2.75, 3.05) is 14.1 Å². The second-order valence-corrected chi connectivity index (χ2v) is 7.59. The van der Waals surface area contributed by atoms with Gasteiger partial charge in [-0.3, -0.25) is 14.4 Å². The van der Waals surface area contributed by atoms with Crippen LogP contribution in [0, 0.1) is 0 Å². The van der Waals surface area contributed by atoms with Gasteiger partial charge < -0.3 is 10.2 Å². The third-order valence-corrected chi connectivity index (χ3v) is 5.25. The minimum atomic E-state index is -0.228. The van der Waals surface area contributed by atoms with E-state index in [0.29, 0.717) is 18.3 Å². The van der Waals surface area contributed by atoms with Gasteiger partial charge in [-0.15, -0.1) is 11.3 Å². The lowest BCUT2D eigenvalue weighted by Gasteiger charge is -2.48. The Morgan fingerprint density at radius 1 is 1.13 bits per heavy atom. The van der Waals surface area contributed by atoms with Gasteiger partial charge in [0, 0.05) is 25.0 Å². The predicted octanol–water partition coefficient (Wildman–Crippen LogP) is 2.22. The number of nitrogens with one attached hydrogen (secondary N) is 1. The van der Waals surface area contributed by atoms with Crippen LogP contribution < -0.4 is 5.32 Å². The monoisotopic (exact) mass is 336 g/mol. The van der Waals surface area contributed by atoms with Crippen LogP contribution in [0.15, 0.2) is 17.0 Å². The molecular formula is C17H24N2O3S. The summed E-state index contributed by atoms with van der Waals surface area (Å²) < 4.78 is 0. The minimum absolute atomic E-state index is 0.0668. The number of rotatable bonds is 3. The van der Waals surface area contributed by atoms with Gasteiger partial charge >= 0.3 is 0 Å². The van der Waals surface area contributed by atoms with Crippen molar-refractivity contribution in [1.82, 2.24) is 10.2 Å². The molecule has 0 saturated heterocycles. The van der Waals surface area contributed by atoms with Crippen molar-refractivity contribution in [3.8, 4) is 0 Å². The summed E-state index contributed by atoms with van der Waals surface area (Å²) in [4.78, 5) is 33.9. The first kappa shape index (κ1) is 19.1. The number of fused-ring (bicyclic) bond motifs is 1. The molecule has 0 fully saturated rings. The van der Waals surface area contributed by atoms with Crippen LogP contribution >= 0.6 is 11.3 Å². The van der Waals surface area contributed by atoms with E-state index in [1.165, 1.54) is 10.5 Å². The lowest BCUT2D eigenvalue weighted by atomic mass is 9.67. The second-order valence-electron chi connectivity index (χ2n) is 6.67. The number of carbonyl (C=O) groups is 3. The molecule has 2 rings (SSSR count). The van der Waals surface area contributed by atoms with E-state index in [-0.39, 0.29) is 16.5 Å². The molecule has 2 heterocycles. The molecule has 0 aromatic carbocycles. The van der Waals surface area contributed by atoms with E-state index in [1.807, 2.05) is 5.38 Å². The van der Waals surface area contributed by atoms with Crippen LogP contribution in [0.25, 0.3) is 5.70 Å². The van der Waals surface area contributed by atoms with Crippen molar-refractivity contribution in [1.29, 1.82) is 0 Å². The smallest absolute Gasteiger partial charge is 0.209 e. The van der Waals surface area contributed by atoms with Gasteiger partial charge in [-0.05, 0) is 30.9 Å². The van der Waals surface area contributed by atoms with Crippen LogP contribution in [0.3, 0.4) is 0 Å². The molecule has 126 valence electrons. The zero-order valence-corrected chi connectivity index (χ0v) is 15.3. The summed E-state index contributed by atoms with van der Waals surface area (Å²) in [6.07, 6.45) is 1.99. The highest BCUT2D eigenvalue weighted by Crippen LogP contribution is 2.46. The molecule has 0 spiro atoms. The molecule has 1 aliphatic rings. The zero-order chi connectivity index (χ0) is 17.8. The van der Waals surface area contributed by atoms with Crippen molar-refractivity contribution in [3.63, 3.8) is 0 Å². The van der Waals surface area contributed by atoms with E-state index < -0.39 is 0 Å².